The van der Waals surface area contributed by atoms with E-state index in [1.54, 1.807) is 20.8 Å². The maximum absolute atomic E-state index is 14.0. The Kier molecular flexibility index (Phi) is 8.46. The lowest BCUT2D eigenvalue weighted by molar-refractivity contribution is -0.139. The maximum Gasteiger partial charge on any atom is 0.416 e. The Bertz CT molecular complexity index is 1290. The first-order valence-electron chi connectivity index (χ1n) is 12.0. The zero-order valence-electron chi connectivity index (χ0n) is 21.4. The minimum atomic E-state index is -4.68. The Balaban J connectivity index is 2.35. The fourth-order valence-corrected chi connectivity index (χ4v) is 4.30. The molecule has 1 atom stereocenters. The van der Waals surface area contributed by atoms with E-state index in [-0.39, 0.29) is 36.7 Å². The summed E-state index contributed by atoms with van der Waals surface area (Å²) in [7, 11) is 0. The second-order valence-electron chi connectivity index (χ2n) is 8.35. The first kappa shape index (κ1) is 28.2. The summed E-state index contributed by atoms with van der Waals surface area (Å²) in [5.74, 6) is -0.832. The average Bonchev–Trinajstić information content (AvgIpc) is 2.89. The molecule has 38 heavy (non-hydrogen) atoms. The molecule has 1 aliphatic rings. The molecule has 0 saturated heterocycles. The van der Waals surface area contributed by atoms with Crippen molar-refractivity contribution in [1.29, 1.82) is 5.26 Å². The van der Waals surface area contributed by atoms with Gasteiger partial charge in [-0.25, -0.2) is 19.3 Å². The Hall–Kier alpha value is -4.33. The number of esters is 1. The molecule has 0 saturated carbocycles. The molecule has 200 valence electrons. The maximum atomic E-state index is 14.0. The van der Waals surface area contributed by atoms with Gasteiger partial charge in [-0.15, -0.1) is 0 Å². The number of amides is 4. The number of hydrogen-bond acceptors (Lipinski definition) is 5. The molecule has 0 spiro atoms. The number of urea groups is 2. The molecule has 0 bridgehead atoms. The molecule has 2 aromatic carbocycles. The number of allylic oxidation sites excluding steroid dienone is 1. The smallest absolute Gasteiger partial charge is 0.416 e. The zero-order valence-corrected chi connectivity index (χ0v) is 21.4. The summed E-state index contributed by atoms with van der Waals surface area (Å²) >= 11 is 0. The van der Waals surface area contributed by atoms with Crippen molar-refractivity contribution in [2.45, 2.75) is 39.9 Å². The third-order valence-electron chi connectivity index (χ3n) is 6.18. The molecule has 1 unspecified atom stereocenters. The van der Waals surface area contributed by atoms with Gasteiger partial charge in [-0.2, -0.15) is 18.4 Å². The van der Waals surface area contributed by atoms with Crippen molar-refractivity contribution >= 4 is 23.7 Å². The molecule has 8 nitrogen and oxygen atoms in total. The van der Waals surface area contributed by atoms with Crippen LogP contribution < -0.4 is 4.90 Å². The number of carbonyl (C=O) groups is 3. The van der Waals surface area contributed by atoms with Crippen molar-refractivity contribution in [2.75, 3.05) is 24.6 Å². The number of rotatable bonds is 6. The van der Waals surface area contributed by atoms with E-state index < -0.39 is 35.8 Å². The van der Waals surface area contributed by atoms with Crippen LogP contribution in [0, 0.1) is 11.3 Å². The summed E-state index contributed by atoms with van der Waals surface area (Å²) in [5.41, 5.74) is -0.561. The topological polar surface area (TPSA) is 93.9 Å². The van der Waals surface area contributed by atoms with Gasteiger partial charge in [-0.3, -0.25) is 4.90 Å². The van der Waals surface area contributed by atoms with E-state index in [0.717, 1.165) is 28.0 Å². The van der Waals surface area contributed by atoms with Gasteiger partial charge >= 0.3 is 24.2 Å². The van der Waals surface area contributed by atoms with E-state index >= 15 is 0 Å². The molecule has 3 rings (SSSR count). The summed E-state index contributed by atoms with van der Waals surface area (Å²) in [4.78, 5) is 44.1. The van der Waals surface area contributed by atoms with Crippen molar-refractivity contribution in [1.82, 2.24) is 9.80 Å². The first-order chi connectivity index (χ1) is 18.0. The fourth-order valence-electron chi connectivity index (χ4n) is 4.30. The summed E-state index contributed by atoms with van der Waals surface area (Å²) in [5, 5.41) is 9.20. The Morgan fingerprint density at radius 1 is 1.08 bits per heavy atom. The third kappa shape index (κ3) is 5.34. The lowest BCUT2D eigenvalue weighted by Gasteiger charge is -2.43. The summed E-state index contributed by atoms with van der Waals surface area (Å²) in [6.45, 7) is 6.88. The molecule has 1 aliphatic heterocycles. The number of anilines is 1. The second kappa shape index (κ2) is 11.4. The highest BCUT2D eigenvalue weighted by molar-refractivity contribution is 6.09. The van der Waals surface area contributed by atoms with Crippen LogP contribution in [-0.2, 0) is 15.7 Å². The number of hydrogen-bond donors (Lipinski definition) is 0. The van der Waals surface area contributed by atoms with E-state index in [2.05, 4.69) is 0 Å². The zero-order chi connectivity index (χ0) is 28.2. The minimum absolute atomic E-state index is 0.0167. The molecule has 11 heteroatoms. The van der Waals surface area contributed by atoms with Gasteiger partial charge in [0, 0.05) is 18.8 Å². The van der Waals surface area contributed by atoms with E-state index in [1.165, 1.54) is 42.2 Å². The van der Waals surface area contributed by atoms with Gasteiger partial charge in [-0.05, 0) is 63.6 Å². The van der Waals surface area contributed by atoms with Crippen molar-refractivity contribution < 1.29 is 32.3 Å². The summed E-state index contributed by atoms with van der Waals surface area (Å²) in [6, 6.07) is 9.16. The van der Waals surface area contributed by atoms with Crippen LogP contribution in [0.2, 0.25) is 0 Å². The van der Waals surface area contributed by atoms with E-state index in [0.29, 0.717) is 11.1 Å². The third-order valence-corrected chi connectivity index (χ3v) is 6.18. The number of nitriles is 1. The minimum Gasteiger partial charge on any atom is -0.463 e. The van der Waals surface area contributed by atoms with Crippen molar-refractivity contribution in [3.05, 3.63) is 76.5 Å². The molecule has 4 amide bonds. The fraction of sp³-hybridized carbons (Fsp3) is 0.333. The van der Waals surface area contributed by atoms with E-state index in [1.807, 2.05) is 6.07 Å². The van der Waals surface area contributed by atoms with Gasteiger partial charge in [0.05, 0.1) is 35.1 Å². The lowest BCUT2D eigenvalue weighted by Crippen LogP contribution is -2.56. The van der Waals surface area contributed by atoms with Gasteiger partial charge in [0.25, 0.3) is 0 Å². The first-order valence-corrected chi connectivity index (χ1v) is 12.0. The van der Waals surface area contributed by atoms with Crippen LogP contribution in [0.4, 0.5) is 28.4 Å². The number of benzene rings is 2. The van der Waals surface area contributed by atoms with Crippen LogP contribution in [0.5, 0.6) is 0 Å². The van der Waals surface area contributed by atoms with Gasteiger partial charge in [0.15, 0.2) is 0 Å². The van der Waals surface area contributed by atoms with Crippen LogP contribution >= 0.6 is 0 Å². The summed E-state index contributed by atoms with van der Waals surface area (Å²) in [6.07, 6.45) is -4.68. The molecule has 1 heterocycles. The number of alkyl halides is 3. The number of ether oxygens (including phenoxy) is 1. The van der Waals surface area contributed by atoms with Crippen LogP contribution in [0.3, 0.4) is 0 Å². The van der Waals surface area contributed by atoms with Gasteiger partial charge in [0.1, 0.15) is 6.04 Å². The number of carbonyl (C=O) groups excluding carboxylic acids is 3. The molecule has 0 N–H and O–H groups in total. The average molecular weight is 529 g/mol. The number of halogens is 3. The van der Waals surface area contributed by atoms with Crippen LogP contribution in [0.25, 0.3) is 0 Å². The number of imide groups is 1. The second-order valence-corrected chi connectivity index (χ2v) is 8.35. The Morgan fingerprint density at radius 2 is 1.71 bits per heavy atom. The summed E-state index contributed by atoms with van der Waals surface area (Å²) < 4.78 is 45.8. The lowest BCUT2D eigenvalue weighted by atomic mass is 9.92. The molecule has 0 aliphatic carbocycles. The van der Waals surface area contributed by atoms with Gasteiger partial charge in [0.2, 0.25) is 0 Å². The van der Waals surface area contributed by atoms with Crippen molar-refractivity contribution in [3.63, 3.8) is 0 Å². The SMILES string of the molecule is CCOC(=O)C1=C(C)N(c2cccc(C(F)(F)F)c2)C(=O)N(C(=O)N(CC)CC)C1c1ccc(C#N)cc1. The highest BCUT2D eigenvalue weighted by atomic mass is 19.4. The van der Waals surface area contributed by atoms with Gasteiger partial charge < -0.3 is 9.64 Å². The highest BCUT2D eigenvalue weighted by Crippen LogP contribution is 2.41. The number of nitrogens with zero attached hydrogens (tertiary/aromatic N) is 4. The van der Waals surface area contributed by atoms with E-state index in [9.17, 15) is 32.8 Å². The molecule has 0 radical (unpaired) electrons. The predicted molar refractivity (Wildman–Crippen MR) is 133 cm³/mol. The largest absolute Gasteiger partial charge is 0.463 e. The van der Waals surface area contributed by atoms with Crippen LogP contribution in [0.15, 0.2) is 59.8 Å². The van der Waals surface area contributed by atoms with Crippen molar-refractivity contribution in [2.24, 2.45) is 0 Å². The quantitative estimate of drug-likeness (QED) is 0.438. The monoisotopic (exact) mass is 528 g/mol. The predicted octanol–water partition coefficient (Wildman–Crippen LogP) is 5.86. The molecule has 2 aromatic rings. The highest BCUT2D eigenvalue weighted by Gasteiger charge is 2.47. The normalized spacial score (nSPS) is 15.8. The standard InChI is InChI=1S/C27H27F3N4O4/c1-5-32(6-2)25(36)34-23(19-13-11-18(16-31)12-14-19)22(24(35)38-7-3)17(4)33(26(34)37)21-10-8-9-20(15-21)27(28,29)30/h8-15,23H,5-7H2,1-4H3. The van der Waals surface area contributed by atoms with Crippen LogP contribution in [-0.4, -0.2) is 47.5 Å². The molecule has 0 aromatic heterocycles. The van der Waals surface area contributed by atoms with E-state index in [4.69, 9.17) is 4.74 Å². The molecule has 0 fully saturated rings. The van der Waals surface area contributed by atoms with Crippen LogP contribution in [0.1, 0.15) is 50.4 Å². The molecular formula is C27H27F3N4O4. The Morgan fingerprint density at radius 3 is 2.24 bits per heavy atom. The Labute approximate surface area is 218 Å². The molecular weight excluding hydrogens is 501 g/mol. The van der Waals surface area contributed by atoms with Gasteiger partial charge in [-0.1, -0.05) is 18.2 Å². The van der Waals surface area contributed by atoms with Crippen molar-refractivity contribution in [3.8, 4) is 6.07 Å².